The first kappa shape index (κ1) is 20.0. The average Bonchev–Trinajstić information content (AvgIpc) is 3.39. The predicted molar refractivity (Wildman–Crippen MR) is 121 cm³/mol. The van der Waals surface area contributed by atoms with Crippen LogP contribution in [0.3, 0.4) is 0 Å². The number of fused-ring (bicyclic) bond motifs is 2. The SMILES string of the molecule is COc1ccc2nc(CNc3nc(N4CCCC[C@H]4CO)nc4c(Br)cnn34)[nH]c2c1. The number of halogens is 1. The molecule has 1 aliphatic rings. The fraction of sp³-hybridized carbons (Fsp3) is 0.400. The summed E-state index contributed by atoms with van der Waals surface area (Å²) in [5.74, 6) is 2.70. The molecule has 0 aliphatic carbocycles. The number of aliphatic hydroxyl groups excluding tert-OH is 1. The van der Waals surface area contributed by atoms with Crippen molar-refractivity contribution in [3.8, 4) is 5.75 Å². The number of aromatic amines is 1. The molecule has 1 aliphatic heterocycles. The zero-order valence-electron chi connectivity index (χ0n) is 17.0. The number of aliphatic hydroxyl groups is 1. The van der Waals surface area contributed by atoms with Gasteiger partial charge in [0.1, 0.15) is 11.6 Å². The van der Waals surface area contributed by atoms with Crippen LogP contribution in [-0.4, -0.2) is 61.0 Å². The van der Waals surface area contributed by atoms with E-state index in [1.165, 1.54) is 0 Å². The van der Waals surface area contributed by atoms with E-state index < -0.39 is 0 Å². The monoisotopic (exact) mass is 486 g/mol. The third-order valence-electron chi connectivity index (χ3n) is 5.56. The third-order valence-corrected chi connectivity index (χ3v) is 6.12. The molecule has 0 amide bonds. The fourth-order valence-corrected chi connectivity index (χ4v) is 4.30. The van der Waals surface area contributed by atoms with Crippen LogP contribution in [0.1, 0.15) is 25.1 Å². The maximum Gasteiger partial charge on any atom is 0.231 e. The highest BCUT2D eigenvalue weighted by Gasteiger charge is 2.25. The van der Waals surface area contributed by atoms with Crippen LogP contribution in [0.4, 0.5) is 11.9 Å². The molecule has 10 nitrogen and oxygen atoms in total. The lowest BCUT2D eigenvalue weighted by molar-refractivity contribution is 0.239. The Labute approximate surface area is 186 Å². The molecule has 31 heavy (non-hydrogen) atoms. The second kappa shape index (κ2) is 8.31. The molecule has 1 atom stereocenters. The molecular weight excluding hydrogens is 464 g/mol. The summed E-state index contributed by atoms with van der Waals surface area (Å²) in [5.41, 5.74) is 2.45. The maximum atomic E-state index is 9.82. The molecule has 4 heterocycles. The van der Waals surface area contributed by atoms with E-state index in [4.69, 9.17) is 14.7 Å². The molecule has 0 bridgehead atoms. The highest BCUT2D eigenvalue weighted by Crippen LogP contribution is 2.26. The second-order valence-corrected chi connectivity index (χ2v) is 8.38. The van der Waals surface area contributed by atoms with Gasteiger partial charge in [-0.1, -0.05) is 0 Å². The first-order valence-corrected chi connectivity index (χ1v) is 11.0. The van der Waals surface area contributed by atoms with E-state index in [-0.39, 0.29) is 12.6 Å². The van der Waals surface area contributed by atoms with Gasteiger partial charge in [-0.25, -0.2) is 4.98 Å². The van der Waals surface area contributed by atoms with Gasteiger partial charge >= 0.3 is 0 Å². The first-order chi connectivity index (χ1) is 15.2. The maximum absolute atomic E-state index is 9.82. The van der Waals surface area contributed by atoms with Crippen LogP contribution in [0.2, 0.25) is 0 Å². The van der Waals surface area contributed by atoms with Gasteiger partial charge in [-0.2, -0.15) is 19.6 Å². The number of benzene rings is 1. The van der Waals surface area contributed by atoms with Crippen molar-refractivity contribution >= 4 is 44.5 Å². The molecule has 162 valence electrons. The Morgan fingerprint density at radius 1 is 1.29 bits per heavy atom. The third kappa shape index (κ3) is 3.79. The Morgan fingerprint density at radius 2 is 2.19 bits per heavy atom. The minimum atomic E-state index is 0.0242. The number of H-pyrrole nitrogens is 1. The van der Waals surface area contributed by atoms with Gasteiger partial charge in [-0.3, -0.25) is 0 Å². The van der Waals surface area contributed by atoms with Crippen LogP contribution in [0.25, 0.3) is 16.7 Å². The fourth-order valence-electron chi connectivity index (χ4n) is 3.95. The molecular formula is C20H23BrN8O2. The van der Waals surface area contributed by atoms with Gasteiger partial charge in [0.2, 0.25) is 11.9 Å². The normalized spacial score (nSPS) is 16.9. The number of piperidine rings is 1. The molecule has 11 heteroatoms. The molecule has 0 unspecified atom stereocenters. The van der Waals surface area contributed by atoms with Crippen LogP contribution in [-0.2, 0) is 6.54 Å². The Morgan fingerprint density at radius 3 is 3.03 bits per heavy atom. The second-order valence-electron chi connectivity index (χ2n) is 7.52. The van der Waals surface area contributed by atoms with Crippen LogP contribution in [0.15, 0.2) is 28.9 Å². The van der Waals surface area contributed by atoms with E-state index in [1.54, 1.807) is 17.8 Å². The number of hydrogen-bond donors (Lipinski definition) is 3. The number of imidazole rings is 1. The Balaban J connectivity index is 1.46. The number of nitrogens with one attached hydrogen (secondary N) is 2. The Hall–Kier alpha value is -2.92. The number of methoxy groups -OCH3 is 1. The summed E-state index contributed by atoms with van der Waals surface area (Å²) in [6.07, 6.45) is 4.78. The van der Waals surface area contributed by atoms with Crippen molar-refractivity contribution in [2.45, 2.75) is 31.8 Å². The van der Waals surface area contributed by atoms with Crippen molar-refractivity contribution in [3.63, 3.8) is 0 Å². The number of anilines is 2. The van der Waals surface area contributed by atoms with E-state index in [0.29, 0.717) is 24.1 Å². The Bertz CT molecular complexity index is 1220. The molecule has 3 aromatic heterocycles. The molecule has 3 N–H and O–H groups in total. The molecule has 1 aromatic carbocycles. The van der Waals surface area contributed by atoms with Crippen molar-refractivity contribution in [2.24, 2.45) is 0 Å². The first-order valence-electron chi connectivity index (χ1n) is 10.2. The van der Waals surface area contributed by atoms with Crippen LogP contribution in [0, 0.1) is 0 Å². The summed E-state index contributed by atoms with van der Waals surface area (Å²) < 4.78 is 7.73. The zero-order chi connectivity index (χ0) is 21.4. The van der Waals surface area contributed by atoms with Crippen molar-refractivity contribution in [1.82, 2.24) is 29.5 Å². The predicted octanol–water partition coefficient (Wildman–Crippen LogP) is 2.74. The minimum absolute atomic E-state index is 0.0242. The summed E-state index contributed by atoms with van der Waals surface area (Å²) in [6.45, 7) is 1.33. The van der Waals surface area contributed by atoms with Gasteiger partial charge in [0.05, 0.1) is 48.0 Å². The van der Waals surface area contributed by atoms with Gasteiger partial charge in [0, 0.05) is 12.6 Å². The van der Waals surface area contributed by atoms with Crippen molar-refractivity contribution in [2.75, 3.05) is 30.5 Å². The highest BCUT2D eigenvalue weighted by atomic mass is 79.9. The topological polar surface area (TPSA) is 116 Å². The van der Waals surface area contributed by atoms with Crippen molar-refractivity contribution < 1.29 is 9.84 Å². The van der Waals surface area contributed by atoms with Gasteiger partial charge in [-0.15, -0.1) is 0 Å². The molecule has 1 saturated heterocycles. The largest absolute Gasteiger partial charge is 0.497 e. The van der Waals surface area contributed by atoms with Crippen LogP contribution < -0.4 is 15.0 Å². The van der Waals surface area contributed by atoms with Crippen molar-refractivity contribution in [1.29, 1.82) is 0 Å². The standard InChI is InChI=1S/C20H23BrN8O2/c1-31-13-5-6-15-16(8-13)25-17(24-15)10-22-19-27-20(26-18-14(21)9-23-29(18)19)28-7-3-2-4-12(28)11-30/h5-6,8-9,12,30H,2-4,7,10-11H2,1H3,(H,24,25)(H,22,26,27)/t12-/m0/s1. The van der Waals surface area contributed by atoms with Gasteiger partial charge in [-0.05, 0) is 47.3 Å². The molecule has 1 fully saturated rings. The number of aromatic nitrogens is 6. The number of rotatable bonds is 6. The molecule has 5 rings (SSSR count). The van der Waals surface area contributed by atoms with E-state index in [2.05, 4.69) is 41.2 Å². The summed E-state index contributed by atoms with van der Waals surface area (Å²) in [5, 5.41) is 17.5. The summed E-state index contributed by atoms with van der Waals surface area (Å²) in [4.78, 5) is 19.5. The minimum Gasteiger partial charge on any atom is -0.497 e. The number of ether oxygens (including phenoxy) is 1. The number of hydrogen-bond acceptors (Lipinski definition) is 8. The van der Waals surface area contributed by atoms with Crippen LogP contribution >= 0.6 is 15.9 Å². The van der Waals surface area contributed by atoms with Gasteiger partial charge < -0.3 is 25.0 Å². The van der Waals surface area contributed by atoms with Gasteiger partial charge in [0.15, 0.2) is 5.65 Å². The smallest absolute Gasteiger partial charge is 0.231 e. The lowest BCUT2D eigenvalue weighted by Gasteiger charge is -2.34. The molecule has 0 spiro atoms. The quantitative estimate of drug-likeness (QED) is 0.380. The van der Waals surface area contributed by atoms with Gasteiger partial charge in [0.25, 0.3) is 0 Å². The van der Waals surface area contributed by atoms with Crippen LogP contribution in [0.5, 0.6) is 5.75 Å². The molecule has 0 radical (unpaired) electrons. The highest BCUT2D eigenvalue weighted by molar-refractivity contribution is 9.10. The molecule has 4 aromatic rings. The van der Waals surface area contributed by atoms with E-state index in [9.17, 15) is 5.11 Å². The lowest BCUT2D eigenvalue weighted by Crippen LogP contribution is -2.43. The summed E-state index contributed by atoms with van der Waals surface area (Å²) in [7, 11) is 1.64. The number of nitrogens with zero attached hydrogens (tertiary/aromatic N) is 6. The zero-order valence-corrected chi connectivity index (χ0v) is 18.6. The van der Waals surface area contributed by atoms with E-state index >= 15 is 0 Å². The van der Waals surface area contributed by atoms with E-state index in [0.717, 1.165) is 52.9 Å². The molecule has 0 saturated carbocycles. The Kier molecular flexibility index (Phi) is 5.36. The van der Waals surface area contributed by atoms with E-state index in [1.807, 2.05) is 18.2 Å². The summed E-state index contributed by atoms with van der Waals surface area (Å²) >= 11 is 3.52. The van der Waals surface area contributed by atoms with Crippen molar-refractivity contribution in [3.05, 3.63) is 34.7 Å². The lowest BCUT2D eigenvalue weighted by atomic mass is 10.0. The summed E-state index contributed by atoms with van der Waals surface area (Å²) in [6, 6.07) is 5.75. The average molecular weight is 487 g/mol.